The van der Waals surface area contributed by atoms with E-state index in [9.17, 15) is 19.5 Å². The molecular formula is C20H24LiNO4. The minimum Gasteiger partial charge on any atom is -0.877 e. The number of nitrogens with one attached hydrogen (secondary N) is 1. The first-order valence-electron chi connectivity index (χ1n) is 8.94. The first-order chi connectivity index (χ1) is 12.1. The number of hydrogen-bond donors (Lipinski definition) is 1. The topological polar surface area (TPSA) is 86.3 Å². The predicted molar refractivity (Wildman–Crippen MR) is 94.4 cm³/mol. The normalized spacial score (nSPS) is 14.3. The second-order valence-electron chi connectivity index (χ2n) is 6.37. The zero-order valence-corrected chi connectivity index (χ0v) is 15.6. The number of rotatable bonds is 9. The molecule has 26 heavy (non-hydrogen) atoms. The van der Waals surface area contributed by atoms with Crippen LogP contribution in [0.1, 0.15) is 79.0 Å². The summed E-state index contributed by atoms with van der Waals surface area (Å²) < 4.78 is 0. The van der Waals surface area contributed by atoms with E-state index in [1.54, 1.807) is 6.07 Å². The van der Waals surface area contributed by atoms with Gasteiger partial charge >= 0.3 is 18.9 Å². The molecule has 0 fully saturated rings. The SMILES string of the molecule is CCCCCCCCCC(=O)Nc1ccc2c(c1)C(=O)/C(=C/[O-])C2=O.[Li+]. The van der Waals surface area contributed by atoms with Crippen molar-refractivity contribution in [2.75, 3.05) is 5.32 Å². The van der Waals surface area contributed by atoms with Crippen LogP contribution in [0.5, 0.6) is 0 Å². The molecule has 0 saturated heterocycles. The summed E-state index contributed by atoms with van der Waals surface area (Å²) in [5.41, 5.74) is 0.527. The minimum atomic E-state index is -0.571. The maximum absolute atomic E-state index is 12.0. The average Bonchev–Trinajstić information content (AvgIpc) is 2.84. The summed E-state index contributed by atoms with van der Waals surface area (Å²) >= 11 is 0. The monoisotopic (exact) mass is 349 g/mol. The Morgan fingerprint density at radius 1 is 1.00 bits per heavy atom. The standard InChI is InChI=1S/C20H25NO4.Li/c1-2-3-4-5-6-7-8-9-18(23)21-14-10-11-15-16(12-14)20(25)17(13-22)19(15)24;/h10-13,22H,2-9H2,1H3,(H,21,23);/q;+1/p-1/b17-13+;. The largest absolute Gasteiger partial charge is 1.00 e. The Bertz CT molecular complexity index is 697. The van der Waals surface area contributed by atoms with Gasteiger partial charge in [-0.3, -0.25) is 14.4 Å². The van der Waals surface area contributed by atoms with Crippen LogP contribution in [0.25, 0.3) is 0 Å². The van der Waals surface area contributed by atoms with Gasteiger partial charge < -0.3 is 10.4 Å². The van der Waals surface area contributed by atoms with E-state index in [2.05, 4.69) is 12.2 Å². The molecule has 0 atom stereocenters. The molecule has 0 saturated carbocycles. The molecule has 0 unspecified atom stereocenters. The molecule has 0 heterocycles. The van der Waals surface area contributed by atoms with Crippen LogP contribution in [0.15, 0.2) is 30.0 Å². The first kappa shape index (κ1) is 22.2. The molecule has 5 nitrogen and oxygen atoms in total. The second-order valence-corrected chi connectivity index (χ2v) is 6.37. The van der Waals surface area contributed by atoms with Crippen molar-refractivity contribution in [3.05, 3.63) is 41.2 Å². The van der Waals surface area contributed by atoms with Crippen LogP contribution in [-0.2, 0) is 4.79 Å². The molecule has 1 aromatic carbocycles. The third-order valence-electron chi connectivity index (χ3n) is 4.41. The van der Waals surface area contributed by atoms with Crippen molar-refractivity contribution >= 4 is 23.2 Å². The fourth-order valence-electron chi connectivity index (χ4n) is 2.97. The van der Waals surface area contributed by atoms with E-state index in [1.165, 1.54) is 37.8 Å². The fraction of sp³-hybridized carbons (Fsp3) is 0.450. The van der Waals surface area contributed by atoms with E-state index in [1.807, 2.05) is 0 Å². The number of anilines is 1. The van der Waals surface area contributed by atoms with E-state index in [0.717, 1.165) is 19.3 Å². The van der Waals surface area contributed by atoms with Gasteiger partial charge in [0.25, 0.3) is 0 Å². The van der Waals surface area contributed by atoms with Crippen molar-refractivity contribution in [3.63, 3.8) is 0 Å². The molecule has 1 aliphatic carbocycles. The van der Waals surface area contributed by atoms with E-state index >= 15 is 0 Å². The number of Topliss-reactive ketones (excluding diaryl/α,β-unsaturated/α-hetero) is 2. The molecule has 2 rings (SSSR count). The smallest absolute Gasteiger partial charge is 0.877 e. The molecule has 6 heteroatoms. The van der Waals surface area contributed by atoms with Gasteiger partial charge in [0.1, 0.15) is 0 Å². The van der Waals surface area contributed by atoms with Gasteiger partial charge in [0.15, 0.2) is 11.6 Å². The van der Waals surface area contributed by atoms with Gasteiger partial charge in [-0.1, -0.05) is 45.4 Å². The van der Waals surface area contributed by atoms with Crippen molar-refractivity contribution in [1.29, 1.82) is 0 Å². The Labute approximate surface area is 166 Å². The summed E-state index contributed by atoms with van der Waals surface area (Å²) in [7, 11) is 0. The predicted octanol–water partition coefficient (Wildman–Crippen LogP) is 0.393. The van der Waals surface area contributed by atoms with Crippen molar-refractivity contribution < 1.29 is 38.4 Å². The van der Waals surface area contributed by atoms with Crippen molar-refractivity contribution in [3.8, 4) is 0 Å². The fourth-order valence-corrected chi connectivity index (χ4v) is 2.97. The van der Waals surface area contributed by atoms with E-state index in [4.69, 9.17) is 0 Å². The summed E-state index contributed by atoms with van der Waals surface area (Å²) in [6, 6.07) is 4.53. The van der Waals surface area contributed by atoms with Crippen LogP contribution < -0.4 is 29.3 Å². The van der Waals surface area contributed by atoms with Crippen molar-refractivity contribution in [2.45, 2.75) is 58.3 Å². The molecule has 1 N–H and O–H groups in total. The summed E-state index contributed by atoms with van der Waals surface area (Å²) in [5.74, 6) is -1.22. The Morgan fingerprint density at radius 3 is 2.27 bits per heavy atom. The van der Waals surface area contributed by atoms with Gasteiger partial charge in [0, 0.05) is 23.2 Å². The Kier molecular flexibility index (Phi) is 9.40. The Balaban J connectivity index is 0.00000338. The van der Waals surface area contributed by atoms with Crippen LogP contribution in [0.3, 0.4) is 0 Å². The molecule has 0 radical (unpaired) electrons. The zero-order valence-electron chi connectivity index (χ0n) is 15.6. The van der Waals surface area contributed by atoms with Crippen LogP contribution in [-0.4, -0.2) is 17.5 Å². The molecule has 1 aromatic rings. The van der Waals surface area contributed by atoms with Gasteiger partial charge in [-0.05, 0) is 24.6 Å². The van der Waals surface area contributed by atoms with Gasteiger partial charge in [0.2, 0.25) is 5.91 Å². The van der Waals surface area contributed by atoms with Crippen LogP contribution >= 0.6 is 0 Å². The molecule has 0 bridgehead atoms. The number of fused-ring (bicyclic) bond motifs is 1. The number of hydrogen-bond acceptors (Lipinski definition) is 4. The number of amides is 1. The molecule has 0 aliphatic heterocycles. The van der Waals surface area contributed by atoms with Gasteiger partial charge in [-0.15, -0.1) is 6.26 Å². The quantitative estimate of drug-likeness (QED) is 0.230. The number of ketones is 2. The van der Waals surface area contributed by atoms with Crippen LogP contribution in [0.2, 0.25) is 0 Å². The van der Waals surface area contributed by atoms with E-state index in [0.29, 0.717) is 18.4 Å². The van der Waals surface area contributed by atoms with Gasteiger partial charge in [-0.25, -0.2) is 0 Å². The maximum atomic E-state index is 12.0. The third kappa shape index (κ3) is 5.59. The third-order valence-corrected chi connectivity index (χ3v) is 4.41. The Morgan fingerprint density at radius 2 is 1.62 bits per heavy atom. The van der Waals surface area contributed by atoms with Crippen molar-refractivity contribution in [1.82, 2.24) is 0 Å². The summed E-state index contributed by atoms with van der Waals surface area (Å²) in [5, 5.41) is 13.6. The molecule has 1 aliphatic rings. The molecular weight excluding hydrogens is 325 g/mol. The number of benzene rings is 1. The second kappa shape index (κ2) is 11.0. The van der Waals surface area contributed by atoms with E-state index in [-0.39, 0.29) is 41.5 Å². The zero-order chi connectivity index (χ0) is 18.2. The van der Waals surface area contributed by atoms with Crippen LogP contribution in [0, 0.1) is 0 Å². The first-order valence-corrected chi connectivity index (χ1v) is 8.94. The number of unbranched alkanes of at least 4 members (excludes halogenated alkanes) is 6. The summed E-state index contributed by atoms with van der Waals surface area (Å²) in [6.45, 7) is 2.19. The van der Waals surface area contributed by atoms with Crippen molar-refractivity contribution in [2.24, 2.45) is 0 Å². The number of allylic oxidation sites excluding steroid dienone is 1. The Hall–Kier alpha value is -1.83. The number of carbonyl (C=O) groups is 3. The van der Waals surface area contributed by atoms with Gasteiger partial charge in [-0.2, -0.15) is 0 Å². The van der Waals surface area contributed by atoms with E-state index < -0.39 is 11.6 Å². The van der Waals surface area contributed by atoms with Crippen LogP contribution in [0.4, 0.5) is 5.69 Å². The summed E-state index contributed by atoms with van der Waals surface area (Å²) in [6.07, 6.45) is 8.71. The minimum absolute atomic E-state index is 0. The average molecular weight is 349 g/mol. The summed E-state index contributed by atoms with van der Waals surface area (Å²) in [4.78, 5) is 35.8. The molecule has 0 aromatic heterocycles. The maximum Gasteiger partial charge on any atom is 1.00 e. The molecule has 0 spiro atoms. The van der Waals surface area contributed by atoms with Gasteiger partial charge in [0.05, 0.1) is 5.57 Å². The number of carbonyl (C=O) groups excluding carboxylic acids is 3. The molecule has 1 amide bonds. The molecule has 134 valence electrons.